The van der Waals surface area contributed by atoms with Gasteiger partial charge in [0.05, 0.1) is 11.6 Å². The SMILES string of the molecule is N#Cc1ccc(CNc2ccccc2Br)cc1. The van der Waals surface area contributed by atoms with Crippen molar-refractivity contribution in [3.63, 3.8) is 0 Å². The minimum absolute atomic E-state index is 0.689. The van der Waals surface area contributed by atoms with E-state index in [2.05, 4.69) is 27.3 Å². The van der Waals surface area contributed by atoms with E-state index in [0.717, 1.165) is 22.3 Å². The van der Waals surface area contributed by atoms with Crippen LogP contribution < -0.4 is 5.32 Å². The predicted octanol–water partition coefficient (Wildman–Crippen LogP) is 3.93. The van der Waals surface area contributed by atoms with Crippen molar-refractivity contribution in [3.8, 4) is 6.07 Å². The molecule has 2 nitrogen and oxygen atoms in total. The molecule has 0 amide bonds. The number of hydrogen-bond acceptors (Lipinski definition) is 2. The van der Waals surface area contributed by atoms with Crippen LogP contribution in [0, 0.1) is 11.3 Å². The average molecular weight is 287 g/mol. The third kappa shape index (κ3) is 3.08. The van der Waals surface area contributed by atoms with E-state index in [1.807, 2.05) is 48.5 Å². The highest BCUT2D eigenvalue weighted by Crippen LogP contribution is 2.21. The van der Waals surface area contributed by atoms with Crippen LogP contribution in [0.15, 0.2) is 53.0 Å². The van der Waals surface area contributed by atoms with Crippen LogP contribution in [-0.4, -0.2) is 0 Å². The largest absolute Gasteiger partial charge is 0.380 e. The topological polar surface area (TPSA) is 35.8 Å². The molecule has 0 aliphatic heterocycles. The molecule has 2 aromatic carbocycles. The number of hydrogen-bond donors (Lipinski definition) is 1. The number of para-hydroxylation sites is 1. The van der Waals surface area contributed by atoms with Crippen LogP contribution in [0.25, 0.3) is 0 Å². The number of benzene rings is 2. The van der Waals surface area contributed by atoms with Crippen LogP contribution in [0.2, 0.25) is 0 Å². The third-order valence-corrected chi connectivity index (χ3v) is 3.13. The highest BCUT2D eigenvalue weighted by atomic mass is 79.9. The lowest BCUT2D eigenvalue weighted by Crippen LogP contribution is -1.99. The van der Waals surface area contributed by atoms with E-state index < -0.39 is 0 Å². The summed E-state index contributed by atoms with van der Waals surface area (Å²) in [6.07, 6.45) is 0. The van der Waals surface area contributed by atoms with Gasteiger partial charge < -0.3 is 5.32 Å². The number of halogens is 1. The molecule has 84 valence electrons. The fourth-order valence-electron chi connectivity index (χ4n) is 1.50. The van der Waals surface area contributed by atoms with Crippen LogP contribution in [0.3, 0.4) is 0 Å². The highest BCUT2D eigenvalue weighted by Gasteiger charge is 1.98. The lowest BCUT2D eigenvalue weighted by atomic mass is 10.1. The summed E-state index contributed by atoms with van der Waals surface area (Å²) >= 11 is 3.49. The van der Waals surface area contributed by atoms with Gasteiger partial charge in [-0.1, -0.05) is 24.3 Å². The Labute approximate surface area is 109 Å². The van der Waals surface area contributed by atoms with E-state index in [1.54, 1.807) is 0 Å². The zero-order valence-electron chi connectivity index (χ0n) is 9.15. The Morgan fingerprint density at radius 1 is 1.06 bits per heavy atom. The Kier molecular flexibility index (Phi) is 3.79. The lowest BCUT2D eigenvalue weighted by Gasteiger charge is -2.08. The first-order valence-corrected chi connectivity index (χ1v) is 6.06. The fraction of sp³-hybridized carbons (Fsp3) is 0.0714. The molecule has 2 aromatic rings. The molecule has 0 aromatic heterocycles. The van der Waals surface area contributed by atoms with Crippen molar-refractivity contribution in [2.75, 3.05) is 5.32 Å². The summed E-state index contributed by atoms with van der Waals surface area (Å²) in [7, 11) is 0. The van der Waals surface area contributed by atoms with Gasteiger partial charge in [-0.15, -0.1) is 0 Å². The standard InChI is InChI=1S/C14H11BrN2/c15-13-3-1-2-4-14(13)17-10-12-7-5-11(9-16)6-8-12/h1-8,17H,10H2. The van der Waals surface area contributed by atoms with E-state index >= 15 is 0 Å². The average Bonchev–Trinajstić information content (AvgIpc) is 2.38. The van der Waals surface area contributed by atoms with Crippen molar-refractivity contribution in [3.05, 3.63) is 64.1 Å². The maximum absolute atomic E-state index is 8.70. The molecule has 0 unspecified atom stereocenters. The number of rotatable bonds is 3. The first-order chi connectivity index (χ1) is 8.29. The van der Waals surface area contributed by atoms with Crippen molar-refractivity contribution in [1.29, 1.82) is 5.26 Å². The molecule has 0 spiro atoms. The molecular formula is C14H11BrN2. The first-order valence-electron chi connectivity index (χ1n) is 5.27. The summed E-state index contributed by atoms with van der Waals surface area (Å²) in [5.74, 6) is 0. The second-order valence-corrected chi connectivity index (χ2v) is 4.50. The summed E-state index contributed by atoms with van der Waals surface area (Å²) in [4.78, 5) is 0. The van der Waals surface area contributed by atoms with Gasteiger partial charge in [-0.2, -0.15) is 5.26 Å². The molecule has 0 aliphatic carbocycles. The smallest absolute Gasteiger partial charge is 0.0991 e. The van der Waals surface area contributed by atoms with Gasteiger partial charge in [0, 0.05) is 16.7 Å². The molecule has 0 fully saturated rings. The zero-order chi connectivity index (χ0) is 12.1. The number of nitrogens with one attached hydrogen (secondary N) is 1. The summed E-state index contributed by atoms with van der Waals surface area (Å²) in [5.41, 5.74) is 2.91. The number of anilines is 1. The second-order valence-electron chi connectivity index (χ2n) is 3.64. The summed E-state index contributed by atoms with van der Waals surface area (Å²) in [6.45, 7) is 0.744. The maximum Gasteiger partial charge on any atom is 0.0991 e. The first kappa shape index (κ1) is 11.7. The Bertz CT molecular complexity index is 541. The van der Waals surface area contributed by atoms with E-state index in [-0.39, 0.29) is 0 Å². The van der Waals surface area contributed by atoms with Gasteiger partial charge in [-0.25, -0.2) is 0 Å². The molecule has 3 heteroatoms. The molecule has 2 rings (SSSR count). The highest BCUT2D eigenvalue weighted by molar-refractivity contribution is 9.10. The van der Waals surface area contributed by atoms with Crippen molar-refractivity contribution in [2.24, 2.45) is 0 Å². The van der Waals surface area contributed by atoms with Gasteiger partial charge in [0.25, 0.3) is 0 Å². The molecule has 0 radical (unpaired) electrons. The van der Waals surface area contributed by atoms with Gasteiger partial charge in [0.2, 0.25) is 0 Å². The van der Waals surface area contributed by atoms with Crippen molar-refractivity contribution < 1.29 is 0 Å². The minimum atomic E-state index is 0.689. The quantitative estimate of drug-likeness (QED) is 0.928. The predicted molar refractivity (Wildman–Crippen MR) is 72.6 cm³/mol. The number of nitriles is 1. The van der Waals surface area contributed by atoms with Gasteiger partial charge in [-0.3, -0.25) is 0 Å². The monoisotopic (exact) mass is 286 g/mol. The van der Waals surface area contributed by atoms with Gasteiger partial charge >= 0.3 is 0 Å². The Morgan fingerprint density at radius 2 is 1.76 bits per heavy atom. The van der Waals surface area contributed by atoms with E-state index in [4.69, 9.17) is 5.26 Å². The molecular weight excluding hydrogens is 276 g/mol. The third-order valence-electron chi connectivity index (χ3n) is 2.44. The van der Waals surface area contributed by atoms with Crippen molar-refractivity contribution >= 4 is 21.6 Å². The van der Waals surface area contributed by atoms with Crippen LogP contribution >= 0.6 is 15.9 Å². The molecule has 0 heterocycles. The van der Waals surface area contributed by atoms with Crippen LogP contribution in [0.1, 0.15) is 11.1 Å². The molecule has 17 heavy (non-hydrogen) atoms. The zero-order valence-corrected chi connectivity index (χ0v) is 10.7. The Balaban J connectivity index is 2.03. The molecule has 0 aliphatic rings. The fourth-order valence-corrected chi connectivity index (χ4v) is 1.92. The summed E-state index contributed by atoms with van der Waals surface area (Å²) in [6, 6.07) is 17.7. The van der Waals surface area contributed by atoms with Crippen molar-refractivity contribution in [1.82, 2.24) is 0 Å². The second kappa shape index (κ2) is 5.51. The van der Waals surface area contributed by atoms with Crippen LogP contribution in [0.4, 0.5) is 5.69 Å². The van der Waals surface area contributed by atoms with E-state index in [0.29, 0.717) is 5.56 Å². The van der Waals surface area contributed by atoms with E-state index in [1.165, 1.54) is 0 Å². The lowest BCUT2D eigenvalue weighted by molar-refractivity contribution is 1.14. The molecule has 0 atom stereocenters. The van der Waals surface area contributed by atoms with Gasteiger partial charge in [0.15, 0.2) is 0 Å². The Morgan fingerprint density at radius 3 is 2.41 bits per heavy atom. The molecule has 0 bridgehead atoms. The van der Waals surface area contributed by atoms with Gasteiger partial charge in [0.1, 0.15) is 0 Å². The van der Waals surface area contributed by atoms with Crippen LogP contribution in [-0.2, 0) is 6.54 Å². The summed E-state index contributed by atoms with van der Waals surface area (Å²) in [5, 5.41) is 12.0. The maximum atomic E-state index is 8.70. The Hall–Kier alpha value is -1.79. The molecule has 0 saturated heterocycles. The van der Waals surface area contributed by atoms with Crippen LogP contribution in [0.5, 0.6) is 0 Å². The van der Waals surface area contributed by atoms with Crippen molar-refractivity contribution in [2.45, 2.75) is 6.54 Å². The number of nitrogens with zero attached hydrogens (tertiary/aromatic N) is 1. The molecule has 1 N–H and O–H groups in total. The van der Waals surface area contributed by atoms with E-state index in [9.17, 15) is 0 Å². The minimum Gasteiger partial charge on any atom is -0.380 e. The summed E-state index contributed by atoms with van der Waals surface area (Å²) < 4.78 is 1.05. The molecule has 0 saturated carbocycles. The van der Waals surface area contributed by atoms with Gasteiger partial charge in [-0.05, 0) is 45.8 Å². The normalized spacial score (nSPS) is 9.65.